The lowest BCUT2D eigenvalue weighted by Crippen LogP contribution is -2.37. The van der Waals surface area contributed by atoms with E-state index in [1.165, 1.54) is 0 Å². The molecule has 0 saturated carbocycles. The first-order valence-corrected chi connectivity index (χ1v) is 9.74. The normalized spacial score (nSPS) is 14.9. The zero-order chi connectivity index (χ0) is 18.6. The van der Waals surface area contributed by atoms with Crippen molar-refractivity contribution >= 4 is 17.2 Å². The van der Waals surface area contributed by atoms with Crippen molar-refractivity contribution in [3.05, 3.63) is 59.4 Å². The Morgan fingerprint density at radius 3 is 2.70 bits per heavy atom. The molecule has 1 aliphatic rings. The summed E-state index contributed by atoms with van der Waals surface area (Å²) in [5.74, 6) is 1.19. The van der Waals surface area contributed by atoms with Crippen LogP contribution in [0.15, 0.2) is 48.8 Å². The van der Waals surface area contributed by atoms with Crippen LogP contribution in [0.25, 0.3) is 10.6 Å². The number of amides is 1. The number of benzene rings is 1. The van der Waals surface area contributed by atoms with Crippen LogP contribution in [0.5, 0.6) is 5.75 Å². The van der Waals surface area contributed by atoms with E-state index in [0.717, 1.165) is 47.3 Å². The van der Waals surface area contributed by atoms with Gasteiger partial charge in [-0.25, -0.2) is 0 Å². The van der Waals surface area contributed by atoms with E-state index in [0.29, 0.717) is 11.5 Å². The minimum Gasteiger partial charge on any atom is -0.496 e. The Morgan fingerprint density at radius 1 is 1.15 bits per heavy atom. The number of aromatic nitrogens is 3. The Labute approximate surface area is 161 Å². The molecular weight excluding hydrogens is 360 g/mol. The Bertz CT molecular complexity index is 920. The highest BCUT2D eigenvalue weighted by atomic mass is 32.1. The van der Waals surface area contributed by atoms with Crippen LogP contribution in [-0.2, 0) is 0 Å². The van der Waals surface area contributed by atoms with Crippen LogP contribution in [0.3, 0.4) is 0 Å². The highest BCUT2D eigenvalue weighted by Crippen LogP contribution is 2.36. The summed E-state index contributed by atoms with van der Waals surface area (Å²) in [5.41, 5.74) is 1.61. The fourth-order valence-corrected chi connectivity index (χ4v) is 4.37. The van der Waals surface area contributed by atoms with Crippen molar-refractivity contribution in [1.29, 1.82) is 0 Å². The Balaban J connectivity index is 1.43. The van der Waals surface area contributed by atoms with E-state index in [9.17, 15) is 4.79 Å². The van der Waals surface area contributed by atoms with Crippen LogP contribution in [0.2, 0.25) is 0 Å². The molecule has 0 unspecified atom stereocenters. The summed E-state index contributed by atoms with van der Waals surface area (Å²) >= 11 is 1.61. The lowest BCUT2D eigenvalue weighted by molar-refractivity contribution is 0.0712. The molecular formula is C20H20N4O2S. The fourth-order valence-electron chi connectivity index (χ4n) is 3.33. The maximum absolute atomic E-state index is 12.5. The number of para-hydroxylation sites is 1. The van der Waals surface area contributed by atoms with Gasteiger partial charge in [-0.2, -0.15) is 0 Å². The number of carbonyl (C=O) groups is 1. The van der Waals surface area contributed by atoms with Crippen molar-refractivity contribution in [2.24, 2.45) is 0 Å². The third-order valence-electron chi connectivity index (χ3n) is 4.82. The number of likely N-dealkylation sites (tertiary alicyclic amines) is 1. The van der Waals surface area contributed by atoms with E-state index < -0.39 is 0 Å². The van der Waals surface area contributed by atoms with Gasteiger partial charge >= 0.3 is 0 Å². The van der Waals surface area contributed by atoms with Crippen LogP contribution >= 0.6 is 11.3 Å². The molecule has 0 aliphatic carbocycles. The van der Waals surface area contributed by atoms with E-state index in [1.807, 2.05) is 35.2 Å². The number of nitrogens with zero attached hydrogens (tertiary/aromatic N) is 4. The largest absolute Gasteiger partial charge is 0.496 e. The molecule has 3 aromatic rings. The average molecular weight is 380 g/mol. The summed E-state index contributed by atoms with van der Waals surface area (Å²) in [6, 6.07) is 11.4. The molecule has 138 valence electrons. The molecule has 1 amide bonds. The van der Waals surface area contributed by atoms with E-state index in [1.54, 1.807) is 36.9 Å². The van der Waals surface area contributed by atoms with Crippen molar-refractivity contribution in [3.8, 4) is 16.3 Å². The number of hydrogen-bond donors (Lipinski definition) is 0. The van der Waals surface area contributed by atoms with Crippen LogP contribution in [0.4, 0.5) is 0 Å². The molecule has 1 fully saturated rings. The maximum atomic E-state index is 12.5. The van der Waals surface area contributed by atoms with E-state index >= 15 is 0 Å². The average Bonchev–Trinajstić information content (AvgIpc) is 3.24. The summed E-state index contributed by atoms with van der Waals surface area (Å²) in [4.78, 5) is 18.5. The molecule has 0 atom stereocenters. The number of piperidine rings is 1. The van der Waals surface area contributed by atoms with Gasteiger partial charge in [0.2, 0.25) is 0 Å². The van der Waals surface area contributed by atoms with Crippen molar-refractivity contribution in [2.45, 2.75) is 18.8 Å². The van der Waals surface area contributed by atoms with Gasteiger partial charge in [-0.05, 0) is 37.1 Å². The highest BCUT2D eigenvalue weighted by molar-refractivity contribution is 7.14. The number of pyridine rings is 1. The predicted molar refractivity (Wildman–Crippen MR) is 104 cm³/mol. The van der Waals surface area contributed by atoms with Gasteiger partial charge in [0.05, 0.1) is 18.2 Å². The van der Waals surface area contributed by atoms with Gasteiger partial charge in [0.25, 0.3) is 5.91 Å². The third kappa shape index (κ3) is 3.68. The molecule has 0 bridgehead atoms. The first kappa shape index (κ1) is 17.6. The molecule has 27 heavy (non-hydrogen) atoms. The number of carbonyl (C=O) groups excluding carboxylic acids is 1. The minimum atomic E-state index is 0.0496. The van der Waals surface area contributed by atoms with Crippen molar-refractivity contribution in [3.63, 3.8) is 0 Å². The van der Waals surface area contributed by atoms with Crippen molar-refractivity contribution in [2.75, 3.05) is 20.2 Å². The lowest BCUT2D eigenvalue weighted by Gasteiger charge is -2.30. The maximum Gasteiger partial charge on any atom is 0.255 e. The predicted octanol–water partition coefficient (Wildman–Crippen LogP) is 3.63. The van der Waals surface area contributed by atoms with Gasteiger partial charge in [-0.3, -0.25) is 9.78 Å². The van der Waals surface area contributed by atoms with Gasteiger partial charge < -0.3 is 9.64 Å². The first-order chi connectivity index (χ1) is 13.3. The number of methoxy groups -OCH3 is 1. The Kier molecular flexibility index (Phi) is 5.11. The SMILES string of the molecule is COc1ccccc1-c1nnc(C2CCN(C(=O)c3cccnc3)CC2)s1. The second kappa shape index (κ2) is 7.84. The summed E-state index contributed by atoms with van der Waals surface area (Å²) in [5, 5.41) is 10.7. The number of hydrogen-bond acceptors (Lipinski definition) is 6. The molecule has 0 N–H and O–H groups in total. The van der Waals surface area contributed by atoms with Gasteiger partial charge in [0.15, 0.2) is 5.01 Å². The molecule has 6 nitrogen and oxygen atoms in total. The van der Waals surface area contributed by atoms with Crippen LogP contribution in [0.1, 0.15) is 34.1 Å². The summed E-state index contributed by atoms with van der Waals surface area (Å²) in [6.07, 6.45) is 5.09. The first-order valence-electron chi connectivity index (χ1n) is 8.92. The zero-order valence-corrected chi connectivity index (χ0v) is 15.9. The topological polar surface area (TPSA) is 68.2 Å². The van der Waals surface area contributed by atoms with Crippen LogP contribution < -0.4 is 4.74 Å². The van der Waals surface area contributed by atoms with Gasteiger partial charge in [0.1, 0.15) is 10.8 Å². The summed E-state index contributed by atoms with van der Waals surface area (Å²) < 4.78 is 5.43. The molecule has 0 spiro atoms. The smallest absolute Gasteiger partial charge is 0.255 e. The van der Waals surface area contributed by atoms with Gasteiger partial charge in [0, 0.05) is 31.4 Å². The molecule has 2 aromatic heterocycles. The molecule has 7 heteroatoms. The molecule has 0 radical (unpaired) electrons. The van der Waals surface area contributed by atoms with E-state index in [2.05, 4.69) is 15.2 Å². The van der Waals surface area contributed by atoms with E-state index in [-0.39, 0.29) is 5.91 Å². The van der Waals surface area contributed by atoms with E-state index in [4.69, 9.17) is 4.74 Å². The molecule has 1 aromatic carbocycles. The number of ether oxygens (including phenoxy) is 1. The second-order valence-corrected chi connectivity index (χ2v) is 7.46. The zero-order valence-electron chi connectivity index (χ0n) is 15.0. The Hall–Kier alpha value is -2.80. The van der Waals surface area contributed by atoms with Crippen LogP contribution in [0, 0.1) is 0 Å². The van der Waals surface area contributed by atoms with Crippen molar-refractivity contribution in [1.82, 2.24) is 20.1 Å². The fraction of sp³-hybridized carbons (Fsp3) is 0.300. The third-order valence-corrected chi connectivity index (χ3v) is 5.94. The van der Waals surface area contributed by atoms with Gasteiger partial charge in [-0.1, -0.05) is 23.5 Å². The van der Waals surface area contributed by atoms with Gasteiger partial charge in [-0.15, -0.1) is 10.2 Å². The monoisotopic (exact) mass is 380 g/mol. The standard InChI is InChI=1S/C20H20N4O2S/c1-26-17-7-3-2-6-16(17)19-23-22-18(27-19)14-8-11-24(12-9-14)20(25)15-5-4-10-21-13-15/h2-7,10,13-14H,8-9,11-12H2,1H3. The number of rotatable bonds is 4. The highest BCUT2D eigenvalue weighted by Gasteiger charge is 2.27. The lowest BCUT2D eigenvalue weighted by atomic mass is 9.97. The van der Waals surface area contributed by atoms with Crippen molar-refractivity contribution < 1.29 is 9.53 Å². The minimum absolute atomic E-state index is 0.0496. The molecule has 1 saturated heterocycles. The molecule has 3 heterocycles. The summed E-state index contributed by atoms with van der Waals surface area (Å²) in [6.45, 7) is 1.45. The quantitative estimate of drug-likeness (QED) is 0.691. The molecule has 4 rings (SSSR count). The molecule has 1 aliphatic heterocycles. The van der Waals surface area contributed by atoms with Crippen LogP contribution in [-0.4, -0.2) is 46.2 Å². The second-order valence-electron chi connectivity index (χ2n) is 6.45. The summed E-state index contributed by atoms with van der Waals surface area (Å²) in [7, 11) is 1.66. The Morgan fingerprint density at radius 2 is 1.96 bits per heavy atom.